The lowest BCUT2D eigenvalue weighted by atomic mass is 9.89. The molecular formula is C13H23N3O4. The van der Waals surface area contributed by atoms with Crippen LogP contribution in [0.4, 0.5) is 4.79 Å². The number of ether oxygens (including phenoxy) is 1. The smallest absolute Gasteiger partial charge is 0.317 e. The number of carbonyl (C=O) groups excluding carboxylic acids is 1. The van der Waals surface area contributed by atoms with E-state index < -0.39 is 5.97 Å². The number of urea groups is 1. The molecule has 0 atom stereocenters. The Morgan fingerprint density at radius 2 is 1.90 bits per heavy atom. The zero-order valence-electron chi connectivity index (χ0n) is 11.9. The number of hydrogen-bond donors (Lipinski definition) is 2. The number of nitrogens with one attached hydrogen (secondary N) is 1. The van der Waals surface area contributed by atoms with E-state index in [9.17, 15) is 9.59 Å². The summed E-state index contributed by atoms with van der Waals surface area (Å²) in [5.74, 6) is -0.820. The minimum atomic E-state index is -0.820. The molecule has 0 unspecified atom stereocenters. The standard InChI is InChI=1S/C13H23N3O4/c1-2-20-11-7-10(8-11)14-13(19)16-5-3-15(4-6-16)9-12(17)18/h10-11H,2-9H2,1H3,(H,14,19)(H,17,18). The Bertz CT molecular complexity index is 350. The highest BCUT2D eigenvalue weighted by Gasteiger charge is 2.32. The van der Waals surface area contributed by atoms with Crippen LogP contribution in [0.25, 0.3) is 0 Å². The van der Waals surface area contributed by atoms with Gasteiger partial charge in [0.25, 0.3) is 0 Å². The average molecular weight is 285 g/mol. The van der Waals surface area contributed by atoms with Crippen molar-refractivity contribution in [3.63, 3.8) is 0 Å². The van der Waals surface area contributed by atoms with E-state index in [4.69, 9.17) is 9.84 Å². The third kappa shape index (κ3) is 4.08. The van der Waals surface area contributed by atoms with Crippen molar-refractivity contribution in [2.24, 2.45) is 0 Å². The number of hydrogen-bond acceptors (Lipinski definition) is 4. The SMILES string of the molecule is CCOC1CC(NC(=O)N2CCN(CC(=O)O)CC2)C1. The van der Waals surface area contributed by atoms with E-state index in [1.54, 1.807) is 4.90 Å². The Kier molecular flexibility index (Phi) is 5.19. The molecule has 0 aromatic heterocycles. The van der Waals surface area contributed by atoms with Crippen LogP contribution in [0.1, 0.15) is 19.8 Å². The van der Waals surface area contributed by atoms with Gasteiger partial charge in [-0.15, -0.1) is 0 Å². The summed E-state index contributed by atoms with van der Waals surface area (Å²) in [5, 5.41) is 11.7. The molecule has 7 heteroatoms. The van der Waals surface area contributed by atoms with Crippen LogP contribution in [0.15, 0.2) is 0 Å². The van der Waals surface area contributed by atoms with E-state index in [0.29, 0.717) is 26.2 Å². The molecule has 1 saturated carbocycles. The highest BCUT2D eigenvalue weighted by molar-refractivity contribution is 5.75. The number of carboxylic acids is 1. The molecule has 0 spiro atoms. The van der Waals surface area contributed by atoms with Gasteiger partial charge in [0.15, 0.2) is 0 Å². The van der Waals surface area contributed by atoms with Crippen LogP contribution in [0.3, 0.4) is 0 Å². The topological polar surface area (TPSA) is 82.1 Å². The lowest BCUT2D eigenvalue weighted by Gasteiger charge is -2.38. The fraction of sp³-hybridized carbons (Fsp3) is 0.846. The zero-order chi connectivity index (χ0) is 14.5. The second-order valence-corrected chi connectivity index (χ2v) is 5.35. The molecular weight excluding hydrogens is 262 g/mol. The maximum absolute atomic E-state index is 12.0. The molecule has 2 fully saturated rings. The number of piperazine rings is 1. The zero-order valence-corrected chi connectivity index (χ0v) is 11.9. The van der Waals surface area contributed by atoms with Crippen molar-refractivity contribution in [3.8, 4) is 0 Å². The minimum Gasteiger partial charge on any atom is -0.480 e. The summed E-state index contributed by atoms with van der Waals surface area (Å²) in [6.45, 7) is 5.15. The van der Waals surface area contributed by atoms with Gasteiger partial charge in [-0.3, -0.25) is 9.69 Å². The van der Waals surface area contributed by atoms with Crippen molar-refractivity contribution in [2.45, 2.75) is 31.9 Å². The van der Waals surface area contributed by atoms with Crippen molar-refractivity contribution < 1.29 is 19.4 Å². The van der Waals surface area contributed by atoms with Crippen molar-refractivity contribution in [1.29, 1.82) is 0 Å². The fourth-order valence-electron chi connectivity index (χ4n) is 2.62. The first kappa shape index (κ1) is 15.1. The molecule has 1 aliphatic heterocycles. The lowest BCUT2D eigenvalue weighted by Crippen LogP contribution is -2.56. The maximum atomic E-state index is 12.0. The number of carbonyl (C=O) groups is 2. The van der Waals surface area contributed by atoms with Gasteiger partial charge in [-0.25, -0.2) is 4.79 Å². The molecule has 0 aromatic rings. The van der Waals surface area contributed by atoms with E-state index in [-0.39, 0.29) is 24.7 Å². The van der Waals surface area contributed by atoms with E-state index in [2.05, 4.69) is 5.32 Å². The molecule has 2 N–H and O–H groups in total. The second kappa shape index (κ2) is 6.90. The average Bonchev–Trinajstić information content (AvgIpc) is 2.36. The summed E-state index contributed by atoms with van der Waals surface area (Å²) < 4.78 is 5.46. The predicted octanol–water partition coefficient (Wildman–Crippen LogP) is -0.0343. The van der Waals surface area contributed by atoms with Gasteiger partial charge >= 0.3 is 12.0 Å². The van der Waals surface area contributed by atoms with E-state index in [0.717, 1.165) is 19.4 Å². The van der Waals surface area contributed by atoms with Gasteiger partial charge in [0, 0.05) is 38.8 Å². The number of aliphatic carboxylic acids is 1. The quantitative estimate of drug-likeness (QED) is 0.741. The molecule has 0 radical (unpaired) electrons. The molecule has 2 aliphatic rings. The van der Waals surface area contributed by atoms with Crippen LogP contribution >= 0.6 is 0 Å². The lowest BCUT2D eigenvalue weighted by molar-refractivity contribution is -0.138. The normalized spacial score (nSPS) is 26.9. The molecule has 7 nitrogen and oxygen atoms in total. The van der Waals surface area contributed by atoms with E-state index in [1.807, 2.05) is 11.8 Å². The maximum Gasteiger partial charge on any atom is 0.317 e. The van der Waals surface area contributed by atoms with Gasteiger partial charge in [0.2, 0.25) is 0 Å². The van der Waals surface area contributed by atoms with Gasteiger partial charge < -0.3 is 20.1 Å². The molecule has 1 aliphatic carbocycles. The van der Waals surface area contributed by atoms with Crippen LogP contribution in [0.2, 0.25) is 0 Å². The van der Waals surface area contributed by atoms with E-state index in [1.165, 1.54) is 0 Å². The molecule has 0 bridgehead atoms. The molecule has 1 heterocycles. The third-order valence-corrected chi connectivity index (χ3v) is 3.84. The van der Waals surface area contributed by atoms with Crippen LogP contribution in [0.5, 0.6) is 0 Å². The highest BCUT2D eigenvalue weighted by Crippen LogP contribution is 2.23. The van der Waals surface area contributed by atoms with Gasteiger partial charge in [-0.1, -0.05) is 0 Å². The van der Waals surface area contributed by atoms with Gasteiger partial charge in [0.1, 0.15) is 0 Å². The fourth-order valence-corrected chi connectivity index (χ4v) is 2.62. The second-order valence-electron chi connectivity index (χ2n) is 5.35. The first-order valence-corrected chi connectivity index (χ1v) is 7.19. The first-order valence-electron chi connectivity index (χ1n) is 7.19. The monoisotopic (exact) mass is 285 g/mol. The van der Waals surface area contributed by atoms with Crippen LogP contribution < -0.4 is 5.32 Å². The minimum absolute atomic E-state index is 0.0417. The Hall–Kier alpha value is -1.34. The van der Waals surface area contributed by atoms with Crippen molar-refractivity contribution >= 4 is 12.0 Å². The molecule has 2 rings (SSSR count). The summed E-state index contributed by atoms with van der Waals surface area (Å²) in [4.78, 5) is 26.3. The van der Waals surface area contributed by atoms with Crippen LogP contribution in [-0.4, -0.2) is 78.4 Å². The Morgan fingerprint density at radius 1 is 1.25 bits per heavy atom. The number of rotatable bonds is 5. The molecule has 114 valence electrons. The number of nitrogens with zero attached hydrogens (tertiary/aromatic N) is 2. The van der Waals surface area contributed by atoms with Crippen molar-refractivity contribution in [2.75, 3.05) is 39.3 Å². The number of carboxylic acid groups (broad SMARTS) is 1. The summed E-state index contributed by atoms with van der Waals surface area (Å²) in [6.07, 6.45) is 2.06. The van der Waals surface area contributed by atoms with E-state index >= 15 is 0 Å². The molecule has 0 aromatic carbocycles. The predicted molar refractivity (Wildman–Crippen MR) is 72.6 cm³/mol. The summed E-state index contributed by atoms with van der Waals surface area (Å²) in [7, 11) is 0. The molecule has 2 amide bonds. The summed E-state index contributed by atoms with van der Waals surface area (Å²) >= 11 is 0. The highest BCUT2D eigenvalue weighted by atomic mass is 16.5. The number of amides is 2. The van der Waals surface area contributed by atoms with Gasteiger partial charge in [-0.05, 0) is 19.8 Å². The first-order chi connectivity index (χ1) is 9.58. The van der Waals surface area contributed by atoms with Crippen molar-refractivity contribution in [3.05, 3.63) is 0 Å². The van der Waals surface area contributed by atoms with Gasteiger partial charge in [0.05, 0.1) is 12.6 Å². The Balaban J connectivity index is 1.64. The van der Waals surface area contributed by atoms with Crippen molar-refractivity contribution in [1.82, 2.24) is 15.1 Å². The summed E-state index contributed by atoms with van der Waals surface area (Å²) in [6, 6.07) is 0.177. The van der Waals surface area contributed by atoms with Gasteiger partial charge in [-0.2, -0.15) is 0 Å². The van der Waals surface area contributed by atoms with Crippen LogP contribution in [0, 0.1) is 0 Å². The summed E-state index contributed by atoms with van der Waals surface area (Å²) in [5.41, 5.74) is 0. The van der Waals surface area contributed by atoms with Crippen LogP contribution in [-0.2, 0) is 9.53 Å². The molecule has 20 heavy (non-hydrogen) atoms. The molecule has 1 saturated heterocycles. The largest absolute Gasteiger partial charge is 0.480 e. The Morgan fingerprint density at radius 3 is 2.45 bits per heavy atom. The third-order valence-electron chi connectivity index (χ3n) is 3.84. The Labute approximate surface area is 118 Å².